The highest BCUT2D eigenvalue weighted by Crippen LogP contribution is 2.21. The van der Waals surface area contributed by atoms with Crippen LogP contribution >= 0.6 is 11.6 Å². The lowest BCUT2D eigenvalue weighted by Gasteiger charge is -2.15. The highest BCUT2D eigenvalue weighted by atomic mass is 35.5. The minimum atomic E-state index is 0.845. The van der Waals surface area contributed by atoms with E-state index in [-0.39, 0.29) is 0 Å². The van der Waals surface area contributed by atoms with Crippen LogP contribution in [-0.2, 0) is 6.54 Å². The average Bonchev–Trinajstić information content (AvgIpc) is 2.56. The second kappa shape index (κ2) is 4.33. The van der Waals surface area contributed by atoms with Crippen LogP contribution in [0.15, 0.2) is 24.3 Å². The second-order valence-corrected chi connectivity index (χ2v) is 4.63. The molecule has 0 bridgehead atoms. The van der Waals surface area contributed by atoms with Gasteiger partial charge in [0.1, 0.15) is 0 Å². The van der Waals surface area contributed by atoms with Gasteiger partial charge in [-0.3, -0.25) is 4.90 Å². The number of halogens is 1. The van der Waals surface area contributed by atoms with Crippen molar-refractivity contribution in [3.63, 3.8) is 0 Å². The molecular weight excluding hydrogens is 194 g/mol. The summed E-state index contributed by atoms with van der Waals surface area (Å²) < 4.78 is 0. The van der Waals surface area contributed by atoms with E-state index < -0.39 is 0 Å². The summed E-state index contributed by atoms with van der Waals surface area (Å²) in [5, 5.41) is 0.895. The van der Waals surface area contributed by atoms with Crippen molar-refractivity contribution in [1.82, 2.24) is 4.90 Å². The Morgan fingerprint density at radius 3 is 2.86 bits per heavy atom. The Labute approximate surface area is 90.7 Å². The van der Waals surface area contributed by atoms with Crippen molar-refractivity contribution in [3.8, 4) is 0 Å². The molecule has 1 aromatic carbocycles. The van der Waals surface area contributed by atoms with Crippen molar-refractivity contribution in [2.45, 2.75) is 19.9 Å². The summed E-state index contributed by atoms with van der Waals surface area (Å²) in [4.78, 5) is 2.48. The molecule has 1 unspecified atom stereocenters. The van der Waals surface area contributed by atoms with Gasteiger partial charge in [0.2, 0.25) is 0 Å². The Morgan fingerprint density at radius 2 is 2.21 bits per heavy atom. The fourth-order valence-electron chi connectivity index (χ4n) is 2.04. The highest BCUT2D eigenvalue weighted by Gasteiger charge is 2.18. The van der Waals surface area contributed by atoms with Crippen LogP contribution in [0.4, 0.5) is 0 Å². The van der Waals surface area contributed by atoms with E-state index in [2.05, 4.69) is 24.0 Å². The first-order valence-corrected chi connectivity index (χ1v) is 5.59. The van der Waals surface area contributed by atoms with Crippen molar-refractivity contribution < 1.29 is 0 Å². The fourth-order valence-corrected chi connectivity index (χ4v) is 2.23. The van der Waals surface area contributed by atoms with E-state index in [0.29, 0.717) is 0 Å². The van der Waals surface area contributed by atoms with Gasteiger partial charge in [0.15, 0.2) is 0 Å². The zero-order chi connectivity index (χ0) is 9.97. The average molecular weight is 210 g/mol. The highest BCUT2D eigenvalue weighted by molar-refractivity contribution is 6.31. The number of nitrogens with zero attached hydrogens (tertiary/aromatic N) is 1. The lowest BCUT2D eigenvalue weighted by atomic mass is 10.2. The van der Waals surface area contributed by atoms with Crippen molar-refractivity contribution in [3.05, 3.63) is 34.9 Å². The molecule has 0 spiro atoms. The lowest BCUT2D eigenvalue weighted by molar-refractivity contribution is 0.320. The predicted molar refractivity (Wildman–Crippen MR) is 60.5 cm³/mol. The molecule has 1 aromatic rings. The number of rotatable bonds is 2. The van der Waals surface area contributed by atoms with Crippen LogP contribution in [-0.4, -0.2) is 18.0 Å². The van der Waals surface area contributed by atoms with Gasteiger partial charge >= 0.3 is 0 Å². The van der Waals surface area contributed by atoms with E-state index in [9.17, 15) is 0 Å². The first kappa shape index (κ1) is 10.0. The van der Waals surface area contributed by atoms with E-state index in [4.69, 9.17) is 11.6 Å². The van der Waals surface area contributed by atoms with Crippen LogP contribution in [0.25, 0.3) is 0 Å². The Balaban J connectivity index is 2.01. The van der Waals surface area contributed by atoms with Gasteiger partial charge in [-0.15, -0.1) is 0 Å². The van der Waals surface area contributed by atoms with Crippen LogP contribution in [0.5, 0.6) is 0 Å². The van der Waals surface area contributed by atoms with Gasteiger partial charge in [0.25, 0.3) is 0 Å². The van der Waals surface area contributed by atoms with Crippen molar-refractivity contribution >= 4 is 11.6 Å². The minimum absolute atomic E-state index is 0.845. The van der Waals surface area contributed by atoms with Gasteiger partial charge in [-0.2, -0.15) is 0 Å². The third kappa shape index (κ3) is 2.28. The predicted octanol–water partition coefficient (Wildman–Crippen LogP) is 3.18. The maximum atomic E-state index is 6.11. The SMILES string of the molecule is CC1CCN(Cc2ccccc2Cl)C1. The van der Waals surface area contributed by atoms with Gasteiger partial charge in [-0.05, 0) is 30.5 Å². The molecule has 1 aliphatic heterocycles. The Morgan fingerprint density at radius 1 is 1.43 bits per heavy atom. The normalized spacial score (nSPS) is 22.9. The largest absolute Gasteiger partial charge is 0.299 e. The summed E-state index contributed by atoms with van der Waals surface area (Å²) >= 11 is 6.11. The number of hydrogen-bond donors (Lipinski definition) is 0. The summed E-state index contributed by atoms with van der Waals surface area (Å²) in [7, 11) is 0. The molecule has 1 nitrogen and oxygen atoms in total. The third-order valence-electron chi connectivity index (χ3n) is 2.86. The lowest BCUT2D eigenvalue weighted by Crippen LogP contribution is -2.19. The van der Waals surface area contributed by atoms with E-state index in [1.807, 2.05) is 12.1 Å². The fraction of sp³-hybridized carbons (Fsp3) is 0.500. The van der Waals surface area contributed by atoms with Gasteiger partial charge in [-0.25, -0.2) is 0 Å². The molecule has 1 fully saturated rings. The molecule has 0 radical (unpaired) electrons. The molecule has 0 N–H and O–H groups in total. The number of hydrogen-bond acceptors (Lipinski definition) is 1. The molecule has 76 valence electrons. The molecule has 1 atom stereocenters. The van der Waals surface area contributed by atoms with Crippen LogP contribution in [0.3, 0.4) is 0 Å². The zero-order valence-corrected chi connectivity index (χ0v) is 9.30. The summed E-state index contributed by atoms with van der Waals surface area (Å²) in [6, 6.07) is 8.13. The zero-order valence-electron chi connectivity index (χ0n) is 8.54. The summed E-state index contributed by atoms with van der Waals surface area (Å²) in [6.45, 7) is 5.74. The second-order valence-electron chi connectivity index (χ2n) is 4.22. The molecule has 0 aromatic heterocycles. The molecule has 2 rings (SSSR count). The number of benzene rings is 1. The van der Waals surface area contributed by atoms with Crippen molar-refractivity contribution in [1.29, 1.82) is 0 Å². The van der Waals surface area contributed by atoms with Crippen molar-refractivity contribution in [2.24, 2.45) is 5.92 Å². The van der Waals surface area contributed by atoms with Crippen LogP contribution in [0, 0.1) is 5.92 Å². The van der Waals surface area contributed by atoms with Gasteiger partial charge in [-0.1, -0.05) is 36.7 Å². The smallest absolute Gasteiger partial charge is 0.0451 e. The molecule has 1 saturated heterocycles. The van der Waals surface area contributed by atoms with Crippen molar-refractivity contribution in [2.75, 3.05) is 13.1 Å². The Bertz CT molecular complexity index is 311. The van der Waals surface area contributed by atoms with E-state index in [1.54, 1.807) is 0 Å². The van der Waals surface area contributed by atoms with E-state index in [0.717, 1.165) is 17.5 Å². The minimum Gasteiger partial charge on any atom is -0.299 e. The topological polar surface area (TPSA) is 3.24 Å². The van der Waals surface area contributed by atoms with Crippen LogP contribution in [0.1, 0.15) is 18.9 Å². The summed E-state index contributed by atoms with van der Waals surface area (Å²) in [6.07, 6.45) is 1.32. The maximum absolute atomic E-state index is 6.11. The first-order chi connectivity index (χ1) is 6.75. The monoisotopic (exact) mass is 209 g/mol. The standard InChI is InChI=1S/C12H16ClN/c1-10-6-7-14(8-10)9-11-4-2-3-5-12(11)13/h2-5,10H,6-9H2,1H3. The molecular formula is C12H16ClN. The molecule has 0 saturated carbocycles. The van der Waals surface area contributed by atoms with Gasteiger partial charge in [0.05, 0.1) is 0 Å². The molecule has 2 heteroatoms. The molecule has 0 amide bonds. The maximum Gasteiger partial charge on any atom is 0.0451 e. The van der Waals surface area contributed by atoms with Gasteiger partial charge in [0, 0.05) is 18.1 Å². The third-order valence-corrected chi connectivity index (χ3v) is 3.23. The Kier molecular flexibility index (Phi) is 3.09. The van der Waals surface area contributed by atoms with Crippen LogP contribution < -0.4 is 0 Å². The quantitative estimate of drug-likeness (QED) is 0.723. The van der Waals surface area contributed by atoms with E-state index in [1.165, 1.54) is 25.1 Å². The molecule has 1 heterocycles. The van der Waals surface area contributed by atoms with Gasteiger partial charge < -0.3 is 0 Å². The molecule has 1 aliphatic rings. The van der Waals surface area contributed by atoms with Crippen LogP contribution in [0.2, 0.25) is 5.02 Å². The molecule has 14 heavy (non-hydrogen) atoms. The number of likely N-dealkylation sites (tertiary alicyclic amines) is 1. The molecule has 0 aliphatic carbocycles. The summed E-state index contributed by atoms with van der Waals surface area (Å²) in [5.74, 6) is 0.845. The van der Waals surface area contributed by atoms with E-state index >= 15 is 0 Å². The first-order valence-electron chi connectivity index (χ1n) is 5.21. The Hall–Kier alpha value is -0.530. The summed E-state index contributed by atoms with van der Waals surface area (Å²) in [5.41, 5.74) is 1.25.